The molecule has 0 bridgehead atoms. The van der Waals surface area contributed by atoms with Crippen LogP contribution in [-0.4, -0.2) is 17.7 Å². The monoisotopic (exact) mass is 425 g/mol. The summed E-state index contributed by atoms with van der Waals surface area (Å²) >= 11 is 5.90. The highest BCUT2D eigenvalue weighted by Crippen LogP contribution is 2.41. The summed E-state index contributed by atoms with van der Waals surface area (Å²) in [7, 11) is 0. The van der Waals surface area contributed by atoms with Gasteiger partial charge in [-0.1, -0.05) is 41.9 Å². The molecule has 6 nitrogen and oxygen atoms in total. The van der Waals surface area contributed by atoms with E-state index in [2.05, 4.69) is 15.6 Å². The number of ether oxygens (including phenoxy) is 1. The number of amides is 1. The number of carbonyl (C=O) groups is 1. The van der Waals surface area contributed by atoms with Gasteiger partial charge in [0.25, 0.3) is 0 Å². The molecule has 152 valence electrons. The molecule has 0 saturated heterocycles. The highest BCUT2D eigenvalue weighted by atomic mass is 35.5. The maximum Gasteiger partial charge on any atom is 0.414 e. The second kappa shape index (κ2) is 8.42. The molecule has 0 spiro atoms. The van der Waals surface area contributed by atoms with Crippen molar-refractivity contribution in [1.29, 1.82) is 0 Å². The molecule has 0 saturated carbocycles. The van der Waals surface area contributed by atoms with Gasteiger partial charge in [0.2, 0.25) is 5.88 Å². The van der Waals surface area contributed by atoms with Gasteiger partial charge >= 0.3 is 6.09 Å². The lowest BCUT2D eigenvalue weighted by Crippen LogP contribution is -2.13. The van der Waals surface area contributed by atoms with Gasteiger partial charge in [-0.05, 0) is 31.2 Å². The van der Waals surface area contributed by atoms with Gasteiger partial charge < -0.3 is 14.5 Å². The number of hydrogen-bond acceptors (Lipinski definition) is 5. The van der Waals surface area contributed by atoms with Gasteiger partial charge in [0.1, 0.15) is 17.2 Å². The first-order valence-corrected chi connectivity index (χ1v) is 9.57. The van der Waals surface area contributed by atoms with E-state index in [-0.39, 0.29) is 17.5 Å². The van der Waals surface area contributed by atoms with E-state index in [1.165, 1.54) is 18.2 Å². The van der Waals surface area contributed by atoms with Crippen molar-refractivity contribution in [2.75, 3.05) is 17.2 Å². The van der Waals surface area contributed by atoms with Crippen LogP contribution >= 0.6 is 11.6 Å². The number of aromatic nitrogens is 1. The van der Waals surface area contributed by atoms with Crippen LogP contribution in [0.25, 0.3) is 22.2 Å². The standard InChI is InChI=1S/C22H17ClFN3O3/c1-2-29-22(28)27-21-19(26-14-8-9-17(24)16(23)12-14)15-10-11-25-18(20(15)30-21)13-6-4-3-5-7-13/h3-12,26H,2H2,1H3,(H,27,28). The van der Waals surface area contributed by atoms with Crippen molar-refractivity contribution in [1.82, 2.24) is 4.98 Å². The number of benzene rings is 2. The minimum absolute atomic E-state index is 0.0284. The second-order valence-electron chi connectivity index (χ2n) is 6.31. The van der Waals surface area contributed by atoms with Crippen LogP contribution in [0, 0.1) is 5.82 Å². The van der Waals surface area contributed by atoms with Crippen LogP contribution in [0.15, 0.2) is 65.2 Å². The molecule has 2 N–H and O–H groups in total. The van der Waals surface area contributed by atoms with Gasteiger partial charge in [0.05, 0.1) is 17.0 Å². The van der Waals surface area contributed by atoms with E-state index in [1.807, 2.05) is 30.3 Å². The topological polar surface area (TPSA) is 76.4 Å². The predicted molar refractivity (Wildman–Crippen MR) is 115 cm³/mol. The smallest absolute Gasteiger partial charge is 0.414 e. The Morgan fingerprint density at radius 3 is 2.73 bits per heavy atom. The van der Waals surface area contributed by atoms with E-state index in [0.29, 0.717) is 28.0 Å². The minimum atomic E-state index is -0.661. The van der Waals surface area contributed by atoms with E-state index in [9.17, 15) is 9.18 Å². The first-order chi connectivity index (χ1) is 14.6. The summed E-state index contributed by atoms with van der Waals surface area (Å²) in [5.41, 5.74) is 2.95. The summed E-state index contributed by atoms with van der Waals surface area (Å²) in [4.78, 5) is 16.5. The molecular formula is C22H17ClFN3O3. The number of nitrogens with zero attached hydrogens (tertiary/aromatic N) is 1. The largest absolute Gasteiger partial charge is 0.450 e. The van der Waals surface area contributed by atoms with Gasteiger partial charge in [-0.2, -0.15) is 0 Å². The Morgan fingerprint density at radius 1 is 1.20 bits per heavy atom. The molecule has 30 heavy (non-hydrogen) atoms. The van der Waals surface area contributed by atoms with Crippen LogP contribution in [0.5, 0.6) is 0 Å². The third kappa shape index (κ3) is 3.92. The van der Waals surface area contributed by atoms with Gasteiger partial charge in [-0.3, -0.25) is 10.3 Å². The Hall–Kier alpha value is -3.58. The average Bonchev–Trinajstić information content (AvgIpc) is 3.08. The van der Waals surface area contributed by atoms with Crippen LogP contribution in [0.2, 0.25) is 5.02 Å². The lowest BCUT2D eigenvalue weighted by molar-refractivity contribution is 0.167. The van der Waals surface area contributed by atoms with Gasteiger partial charge in [-0.25, -0.2) is 9.18 Å². The zero-order chi connectivity index (χ0) is 21.1. The number of furan rings is 1. The Bertz CT molecular complexity index is 1210. The van der Waals surface area contributed by atoms with E-state index >= 15 is 0 Å². The second-order valence-corrected chi connectivity index (χ2v) is 6.72. The summed E-state index contributed by atoms with van der Waals surface area (Å²) in [6.07, 6.45) is 0.989. The van der Waals surface area contributed by atoms with Crippen molar-refractivity contribution in [3.63, 3.8) is 0 Å². The Morgan fingerprint density at radius 2 is 2.00 bits per heavy atom. The molecule has 1 amide bonds. The molecule has 0 atom stereocenters. The van der Waals surface area contributed by atoms with Gasteiger partial charge in [0.15, 0.2) is 5.58 Å². The molecule has 0 radical (unpaired) electrons. The molecule has 4 aromatic rings. The maximum absolute atomic E-state index is 13.5. The summed E-state index contributed by atoms with van der Waals surface area (Å²) < 4.78 is 24.5. The quantitative estimate of drug-likeness (QED) is 0.376. The summed E-state index contributed by atoms with van der Waals surface area (Å²) in [6, 6.07) is 15.5. The third-order valence-electron chi connectivity index (χ3n) is 4.33. The van der Waals surface area contributed by atoms with Gasteiger partial charge in [0, 0.05) is 17.4 Å². The number of hydrogen-bond donors (Lipinski definition) is 2. The number of carbonyl (C=O) groups excluding carboxylic acids is 1. The maximum atomic E-state index is 13.5. The van der Waals surface area contributed by atoms with Crippen molar-refractivity contribution in [2.45, 2.75) is 6.92 Å². The third-order valence-corrected chi connectivity index (χ3v) is 4.62. The van der Waals surface area contributed by atoms with Crippen molar-refractivity contribution < 1.29 is 18.3 Å². The zero-order valence-electron chi connectivity index (χ0n) is 15.9. The summed E-state index contributed by atoms with van der Waals surface area (Å²) in [6.45, 7) is 1.91. The SMILES string of the molecule is CCOC(=O)Nc1oc2c(-c3ccccc3)nccc2c1Nc1ccc(F)c(Cl)c1. The minimum Gasteiger partial charge on any atom is -0.450 e. The predicted octanol–water partition coefficient (Wildman–Crippen LogP) is 6.60. The lowest BCUT2D eigenvalue weighted by Gasteiger charge is -2.09. The number of rotatable bonds is 5. The molecule has 2 heterocycles. The molecule has 2 aromatic heterocycles. The molecular weight excluding hydrogens is 409 g/mol. The molecule has 4 rings (SSSR count). The normalized spacial score (nSPS) is 10.8. The Balaban J connectivity index is 1.85. The van der Waals surface area contributed by atoms with E-state index in [1.54, 1.807) is 19.2 Å². The number of pyridine rings is 1. The van der Waals surface area contributed by atoms with Crippen molar-refractivity contribution >= 4 is 45.9 Å². The highest BCUT2D eigenvalue weighted by molar-refractivity contribution is 6.31. The molecule has 0 fully saturated rings. The molecule has 0 aliphatic carbocycles. The Kier molecular flexibility index (Phi) is 5.54. The number of fused-ring (bicyclic) bond motifs is 1. The summed E-state index contributed by atoms with van der Waals surface area (Å²) in [5.74, 6) is -0.381. The van der Waals surface area contributed by atoms with Crippen molar-refractivity contribution in [2.24, 2.45) is 0 Å². The summed E-state index contributed by atoms with van der Waals surface area (Å²) in [5, 5.41) is 6.40. The number of halogens is 2. The van der Waals surface area contributed by atoms with Crippen LogP contribution in [-0.2, 0) is 4.74 Å². The van der Waals surface area contributed by atoms with Gasteiger partial charge in [-0.15, -0.1) is 0 Å². The van der Waals surface area contributed by atoms with Crippen molar-refractivity contribution in [3.8, 4) is 11.3 Å². The van der Waals surface area contributed by atoms with Crippen LogP contribution in [0.3, 0.4) is 0 Å². The lowest BCUT2D eigenvalue weighted by atomic mass is 10.1. The average molecular weight is 426 g/mol. The van der Waals surface area contributed by atoms with Crippen LogP contribution in [0.1, 0.15) is 6.92 Å². The first-order valence-electron chi connectivity index (χ1n) is 9.19. The zero-order valence-corrected chi connectivity index (χ0v) is 16.7. The number of nitrogens with one attached hydrogen (secondary N) is 2. The molecule has 0 aliphatic heterocycles. The first kappa shape index (κ1) is 19.7. The van der Waals surface area contributed by atoms with Crippen LogP contribution in [0.4, 0.5) is 26.4 Å². The molecule has 0 aliphatic rings. The fraction of sp³-hybridized carbons (Fsp3) is 0.0909. The van der Waals surface area contributed by atoms with E-state index < -0.39 is 11.9 Å². The molecule has 8 heteroatoms. The van der Waals surface area contributed by atoms with Crippen LogP contribution < -0.4 is 10.6 Å². The highest BCUT2D eigenvalue weighted by Gasteiger charge is 2.21. The van der Waals surface area contributed by atoms with E-state index in [4.69, 9.17) is 20.8 Å². The molecule has 2 aromatic carbocycles. The number of anilines is 3. The fourth-order valence-corrected chi connectivity index (χ4v) is 3.20. The fourth-order valence-electron chi connectivity index (χ4n) is 3.02. The molecule has 0 unspecified atom stereocenters. The van der Waals surface area contributed by atoms with E-state index in [0.717, 1.165) is 5.56 Å². The Labute approximate surface area is 176 Å². The van der Waals surface area contributed by atoms with Crippen molar-refractivity contribution in [3.05, 3.63) is 71.6 Å².